The van der Waals surface area contributed by atoms with Crippen LogP contribution in [0.15, 0.2) is 4.21 Å². The Morgan fingerprint density at radius 3 is 2.80 bits per heavy atom. The molecule has 0 radical (unpaired) electrons. The number of amides is 1. The molecule has 0 saturated heterocycles. The van der Waals surface area contributed by atoms with E-state index < -0.39 is 0 Å². The number of thiazole rings is 1. The van der Waals surface area contributed by atoms with Crippen LogP contribution in [0.3, 0.4) is 0 Å². The highest BCUT2D eigenvalue weighted by Gasteiger charge is 2.25. The number of carbonyl (C=O) groups is 1. The van der Waals surface area contributed by atoms with Gasteiger partial charge in [-0.3, -0.25) is 10.1 Å². The van der Waals surface area contributed by atoms with Gasteiger partial charge >= 0.3 is 0 Å². The van der Waals surface area contributed by atoms with Crippen LogP contribution in [0.1, 0.15) is 44.7 Å². The van der Waals surface area contributed by atoms with Crippen LogP contribution in [0.5, 0.6) is 0 Å². The molecule has 0 spiro atoms. The Balaban J connectivity index is 1.93. The molecule has 1 N–H and O–H groups in total. The summed E-state index contributed by atoms with van der Waals surface area (Å²) in [7, 11) is 0. The fraction of sp³-hybridized carbons (Fsp3) is 0.714. The van der Waals surface area contributed by atoms with Crippen molar-refractivity contribution in [3.8, 4) is 0 Å². The van der Waals surface area contributed by atoms with E-state index in [0.717, 1.165) is 22.7 Å². The van der Waals surface area contributed by atoms with Crippen molar-refractivity contribution in [1.82, 2.24) is 4.98 Å². The number of hydrogen-bond acceptors (Lipinski definition) is 5. The normalized spacial score (nSPS) is 17.4. The number of hydrogen-bond donors (Lipinski definition) is 1. The molecule has 1 aromatic rings. The second-order valence-corrected chi connectivity index (χ2v) is 7.10. The molecular weight excluding hydrogens is 292 g/mol. The van der Waals surface area contributed by atoms with Gasteiger partial charge in [-0.15, -0.1) is 11.8 Å². The van der Waals surface area contributed by atoms with Crippen LogP contribution in [0.2, 0.25) is 0 Å². The minimum Gasteiger partial charge on any atom is -0.365 e. The molecule has 6 heteroatoms. The number of rotatable bonds is 6. The summed E-state index contributed by atoms with van der Waals surface area (Å²) in [6.07, 6.45) is 7.20. The van der Waals surface area contributed by atoms with E-state index in [1.807, 2.05) is 20.1 Å². The van der Waals surface area contributed by atoms with Crippen molar-refractivity contribution >= 4 is 34.1 Å². The van der Waals surface area contributed by atoms with Crippen LogP contribution in [-0.4, -0.2) is 29.4 Å². The monoisotopic (exact) mass is 314 g/mol. The van der Waals surface area contributed by atoms with Crippen LogP contribution in [-0.2, 0) is 9.53 Å². The summed E-state index contributed by atoms with van der Waals surface area (Å²) in [4.78, 5) is 16.6. The summed E-state index contributed by atoms with van der Waals surface area (Å²) in [5.74, 6) is -0.0687. The minimum atomic E-state index is -0.361. The molecular formula is C14H22N2O2S2. The van der Waals surface area contributed by atoms with E-state index in [1.54, 1.807) is 11.8 Å². The lowest BCUT2D eigenvalue weighted by atomic mass is 10.2. The van der Waals surface area contributed by atoms with Gasteiger partial charge in [0.2, 0.25) is 0 Å². The van der Waals surface area contributed by atoms with Crippen LogP contribution < -0.4 is 5.32 Å². The highest BCUT2D eigenvalue weighted by atomic mass is 32.2. The molecule has 0 aliphatic heterocycles. The molecule has 0 bridgehead atoms. The molecule has 20 heavy (non-hydrogen) atoms. The van der Waals surface area contributed by atoms with E-state index >= 15 is 0 Å². The van der Waals surface area contributed by atoms with E-state index in [2.05, 4.69) is 10.3 Å². The van der Waals surface area contributed by atoms with Crippen molar-refractivity contribution in [3.63, 3.8) is 0 Å². The van der Waals surface area contributed by atoms with Crippen LogP contribution >= 0.6 is 23.1 Å². The maximum absolute atomic E-state index is 12.3. The third-order valence-corrected chi connectivity index (χ3v) is 5.78. The smallest absolute Gasteiger partial charge is 0.255 e. The first kappa shape index (κ1) is 15.8. The molecule has 0 aromatic carbocycles. The zero-order valence-corrected chi connectivity index (χ0v) is 13.9. The predicted molar refractivity (Wildman–Crippen MR) is 84.7 cm³/mol. The largest absolute Gasteiger partial charge is 0.365 e. The van der Waals surface area contributed by atoms with Crippen LogP contribution in [0, 0.1) is 6.92 Å². The van der Waals surface area contributed by atoms with E-state index in [-0.39, 0.29) is 18.1 Å². The Labute approximate surface area is 128 Å². The Morgan fingerprint density at radius 1 is 1.55 bits per heavy atom. The number of nitrogens with one attached hydrogen (secondary N) is 1. The van der Waals surface area contributed by atoms with Crippen LogP contribution in [0.25, 0.3) is 0 Å². The maximum atomic E-state index is 12.3. The zero-order valence-electron chi connectivity index (χ0n) is 12.3. The van der Waals surface area contributed by atoms with Gasteiger partial charge in [-0.05, 0) is 32.4 Å². The average molecular weight is 314 g/mol. The Hall–Kier alpha value is -0.590. The molecule has 1 fully saturated rings. The Morgan fingerprint density at radius 2 is 2.25 bits per heavy atom. The summed E-state index contributed by atoms with van der Waals surface area (Å²) in [6.45, 7) is 3.95. The average Bonchev–Trinajstić information content (AvgIpc) is 3.05. The molecule has 1 aliphatic rings. The van der Waals surface area contributed by atoms with Gasteiger partial charge in [-0.25, -0.2) is 4.98 Å². The van der Waals surface area contributed by atoms with Gasteiger partial charge in [0, 0.05) is 0 Å². The Bertz CT molecular complexity index is 456. The molecule has 1 aromatic heterocycles. The fourth-order valence-electron chi connectivity index (χ4n) is 2.41. The third kappa shape index (κ3) is 3.96. The summed E-state index contributed by atoms with van der Waals surface area (Å²) >= 11 is 3.18. The lowest BCUT2D eigenvalue weighted by Crippen LogP contribution is -2.32. The fourth-order valence-corrected chi connectivity index (χ4v) is 4.03. The van der Waals surface area contributed by atoms with Crippen molar-refractivity contribution in [1.29, 1.82) is 0 Å². The summed E-state index contributed by atoms with van der Waals surface area (Å²) in [5, 5.41) is 3.56. The highest BCUT2D eigenvalue weighted by molar-refractivity contribution is 8.00. The van der Waals surface area contributed by atoms with Gasteiger partial charge in [-0.2, -0.15) is 0 Å². The van der Waals surface area contributed by atoms with E-state index in [9.17, 15) is 4.79 Å². The van der Waals surface area contributed by atoms with Crippen molar-refractivity contribution in [2.45, 2.75) is 62.4 Å². The molecule has 4 nitrogen and oxygen atoms in total. The minimum absolute atomic E-state index is 0.0687. The lowest BCUT2D eigenvalue weighted by Gasteiger charge is -2.19. The maximum Gasteiger partial charge on any atom is 0.255 e. The molecule has 1 heterocycles. The molecule has 1 atom stereocenters. The number of carbonyl (C=O) groups excluding carboxylic acids is 1. The standard InChI is InChI=1S/C14H22N2O2S2/c1-4-11(18-10-7-5-6-8-10)12(17)16-14-15-9(2)13(19-3)20-14/h10-11H,4-8H2,1-3H3,(H,15,16,17). The summed E-state index contributed by atoms with van der Waals surface area (Å²) in [5.41, 5.74) is 0.975. The SMILES string of the molecule is CCC(OC1CCCC1)C(=O)Nc1nc(C)c(SC)s1. The van der Waals surface area contributed by atoms with Gasteiger partial charge in [0.25, 0.3) is 5.91 Å². The number of nitrogens with zero attached hydrogens (tertiary/aromatic N) is 1. The van der Waals surface area contributed by atoms with Crippen molar-refractivity contribution in [2.24, 2.45) is 0 Å². The molecule has 1 aliphatic carbocycles. The second-order valence-electron chi connectivity index (χ2n) is 5.02. The molecule has 1 saturated carbocycles. The first-order valence-electron chi connectivity index (χ1n) is 7.11. The highest BCUT2D eigenvalue weighted by Crippen LogP contribution is 2.30. The summed E-state index contributed by atoms with van der Waals surface area (Å²) in [6, 6.07) is 0. The molecule has 2 rings (SSSR count). The first-order chi connectivity index (χ1) is 9.63. The van der Waals surface area contributed by atoms with Crippen molar-refractivity contribution in [3.05, 3.63) is 5.69 Å². The first-order valence-corrected chi connectivity index (χ1v) is 9.16. The Kier molecular flexibility index (Phi) is 5.86. The third-order valence-electron chi connectivity index (χ3n) is 3.49. The van der Waals surface area contributed by atoms with Crippen LogP contribution in [0.4, 0.5) is 5.13 Å². The number of thioether (sulfide) groups is 1. The second kappa shape index (κ2) is 7.43. The molecule has 1 unspecified atom stereocenters. The number of aromatic nitrogens is 1. The van der Waals surface area contributed by atoms with Gasteiger partial charge in [0.1, 0.15) is 6.10 Å². The molecule has 1 amide bonds. The van der Waals surface area contributed by atoms with Gasteiger partial charge in [0.15, 0.2) is 5.13 Å². The number of anilines is 1. The van der Waals surface area contributed by atoms with Crippen molar-refractivity contribution in [2.75, 3.05) is 11.6 Å². The van der Waals surface area contributed by atoms with E-state index in [1.165, 1.54) is 24.2 Å². The van der Waals surface area contributed by atoms with Gasteiger partial charge < -0.3 is 4.74 Å². The molecule has 112 valence electrons. The lowest BCUT2D eigenvalue weighted by molar-refractivity contribution is -0.131. The van der Waals surface area contributed by atoms with Gasteiger partial charge in [-0.1, -0.05) is 31.1 Å². The topological polar surface area (TPSA) is 51.2 Å². The van der Waals surface area contributed by atoms with E-state index in [0.29, 0.717) is 11.6 Å². The van der Waals surface area contributed by atoms with Gasteiger partial charge in [0.05, 0.1) is 16.0 Å². The quantitative estimate of drug-likeness (QED) is 0.810. The number of aryl methyl sites for hydroxylation is 1. The zero-order chi connectivity index (χ0) is 14.5. The number of ether oxygens (including phenoxy) is 1. The van der Waals surface area contributed by atoms with E-state index in [4.69, 9.17) is 4.74 Å². The predicted octanol–water partition coefficient (Wildman–Crippen LogP) is 3.85. The van der Waals surface area contributed by atoms with Crippen molar-refractivity contribution < 1.29 is 9.53 Å². The summed E-state index contributed by atoms with van der Waals surface area (Å²) < 4.78 is 7.06.